The van der Waals surface area contributed by atoms with Gasteiger partial charge >= 0.3 is 0 Å². The average Bonchev–Trinajstić information content (AvgIpc) is 3.01. The molecule has 0 aliphatic heterocycles. The minimum Gasteiger partial charge on any atom is -0.0842 e. The molecule has 0 bridgehead atoms. The van der Waals surface area contributed by atoms with Gasteiger partial charge in [-0.3, -0.25) is 0 Å². The van der Waals surface area contributed by atoms with Crippen molar-refractivity contribution in [2.75, 3.05) is 0 Å². The van der Waals surface area contributed by atoms with E-state index in [0.717, 1.165) is 12.8 Å². The fraction of sp³-hybridized carbons (Fsp3) is 0.150. The van der Waals surface area contributed by atoms with Gasteiger partial charge in [-0.05, 0) is 84.1 Å². The molecule has 0 radical (unpaired) electrons. The third-order valence-electron chi connectivity index (χ3n) is 8.12. The molecule has 6 aromatic rings. The molecule has 0 saturated heterocycles. The van der Waals surface area contributed by atoms with Crippen molar-refractivity contribution >= 4 is 37.9 Å². The molecule has 0 unspecified atom stereocenters. The van der Waals surface area contributed by atoms with Gasteiger partial charge in [-0.2, -0.15) is 0 Å². The Morgan fingerprint density at radius 3 is 1.85 bits per heavy atom. The minimum atomic E-state index is 0.529. The van der Waals surface area contributed by atoms with Crippen LogP contribution in [0.5, 0.6) is 0 Å². The summed E-state index contributed by atoms with van der Waals surface area (Å²) in [6.07, 6.45) is 9.15. The van der Waals surface area contributed by atoms with Crippen molar-refractivity contribution in [1.29, 1.82) is 0 Å². The van der Waals surface area contributed by atoms with Crippen LogP contribution in [0.3, 0.4) is 0 Å². The molecule has 0 nitrogen and oxygen atoms in total. The highest BCUT2D eigenvalue weighted by Gasteiger charge is 2.18. The van der Waals surface area contributed by atoms with Gasteiger partial charge in [-0.25, -0.2) is 0 Å². The Labute approximate surface area is 238 Å². The smallest absolute Gasteiger partial charge is 0.00201 e. The normalized spacial score (nSPS) is 13.0. The number of fused-ring (bicyclic) bond motifs is 3. The number of allylic oxidation sites excluding steroid dienone is 4. The summed E-state index contributed by atoms with van der Waals surface area (Å²) in [5, 5.41) is 7.72. The molecule has 1 atom stereocenters. The first-order valence-corrected chi connectivity index (χ1v) is 14.6. The number of hydrogen-bond donors (Lipinski definition) is 0. The highest BCUT2D eigenvalue weighted by atomic mass is 14.2. The van der Waals surface area contributed by atoms with E-state index in [1.807, 2.05) is 0 Å². The first kappa shape index (κ1) is 25.8. The lowest BCUT2D eigenvalue weighted by molar-refractivity contribution is 0.700. The van der Waals surface area contributed by atoms with Crippen molar-refractivity contribution in [3.8, 4) is 22.3 Å². The Balaban J connectivity index is 1.66. The van der Waals surface area contributed by atoms with Gasteiger partial charge in [0.25, 0.3) is 0 Å². The van der Waals surface area contributed by atoms with Crippen LogP contribution in [0.25, 0.3) is 60.1 Å². The maximum Gasteiger partial charge on any atom is -0.00201 e. The summed E-state index contributed by atoms with van der Waals surface area (Å²) in [6, 6.07) is 42.4. The fourth-order valence-corrected chi connectivity index (χ4v) is 5.94. The number of hydrogen-bond acceptors (Lipinski definition) is 0. The molecular formula is C40H36. The Morgan fingerprint density at radius 1 is 0.625 bits per heavy atom. The van der Waals surface area contributed by atoms with Gasteiger partial charge in [0.05, 0.1) is 0 Å². The van der Waals surface area contributed by atoms with Crippen molar-refractivity contribution < 1.29 is 0 Å². The van der Waals surface area contributed by atoms with Gasteiger partial charge in [0.2, 0.25) is 0 Å². The molecule has 6 rings (SSSR count). The lowest BCUT2D eigenvalue weighted by atomic mass is 9.84. The largest absolute Gasteiger partial charge is 0.0842 e. The SMILES string of the molecule is CC/C=C\C(=C/[C@H](C)CC)c1cccc(-c2c3ccccc3c(-c3cccc4ccccc34)c3ccccc23)c1. The van der Waals surface area contributed by atoms with Crippen LogP contribution in [0.4, 0.5) is 0 Å². The Kier molecular flexibility index (Phi) is 7.34. The maximum absolute atomic E-state index is 2.42. The van der Waals surface area contributed by atoms with E-state index in [-0.39, 0.29) is 0 Å². The molecule has 0 amide bonds. The van der Waals surface area contributed by atoms with Gasteiger partial charge in [0.1, 0.15) is 0 Å². The van der Waals surface area contributed by atoms with Crippen molar-refractivity contribution in [2.45, 2.75) is 33.6 Å². The van der Waals surface area contributed by atoms with Crippen LogP contribution in [0.15, 0.2) is 133 Å². The molecule has 0 fully saturated rings. The van der Waals surface area contributed by atoms with Gasteiger partial charge in [0.15, 0.2) is 0 Å². The molecule has 0 spiro atoms. The summed E-state index contributed by atoms with van der Waals surface area (Å²) in [7, 11) is 0. The zero-order valence-corrected chi connectivity index (χ0v) is 23.7. The van der Waals surface area contributed by atoms with Crippen LogP contribution in [0.1, 0.15) is 39.2 Å². The summed E-state index contributed by atoms with van der Waals surface area (Å²) < 4.78 is 0. The van der Waals surface area contributed by atoms with Gasteiger partial charge in [-0.1, -0.05) is 155 Å². The Hall–Kier alpha value is -4.42. The molecule has 0 aliphatic rings. The van der Waals surface area contributed by atoms with E-state index < -0.39 is 0 Å². The van der Waals surface area contributed by atoms with Gasteiger partial charge in [-0.15, -0.1) is 0 Å². The standard InChI is InChI=1S/C40H36/c1-4-6-15-30(26-28(3)5-2)31-18-13-19-32(27-31)39-35-21-9-11-23-37(35)40(38-24-12-10-22-36(38)39)34-25-14-17-29-16-7-8-20-33(29)34/h6-28H,4-5H2,1-3H3/b15-6-,30-26+/t28-/m1/s1. The van der Waals surface area contributed by atoms with Crippen LogP contribution >= 0.6 is 0 Å². The fourth-order valence-electron chi connectivity index (χ4n) is 5.94. The average molecular weight is 517 g/mol. The number of rotatable bonds is 7. The monoisotopic (exact) mass is 516 g/mol. The quantitative estimate of drug-likeness (QED) is 0.146. The minimum absolute atomic E-state index is 0.529. The molecule has 0 aromatic heterocycles. The molecule has 0 saturated carbocycles. The molecular weight excluding hydrogens is 480 g/mol. The molecule has 0 aliphatic carbocycles. The van der Waals surface area contributed by atoms with E-state index in [9.17, 15) is 0 Å². The van der Waals surface area contributed by atoms with Crippen molar-refractivity contribution in [3.05, 3.63) is 139 Å². The number of benzene rings is 6. The van der Waals surface area contributed by atoms with Gasteiger partial charge < -0.3 is 0 Å². The lowest BCUT2D eigenvalue weighted by Crippen LogP contribution is -1.93. The Bertz CT molecular complexity index is 1820. The first-order chi connectivity index (χ1) is 19.7. The second-order valence-electron chi connectivity index (χ2n) is 10.8. The van der Waals surface area contributed by atoms with Crippen LogP contribution in [0.2, 0.25) is 0 Å². The molecule has 0 N–H and O–H groups in total. The van der Waals surface area contributed by atoms with Crippen molar-refractivity contribution in [1.82, 2.24) is 0 Å². The first-order valence-electron chi connectivity index (χ1n) is 14.6. The van der Waals surface area contributed by atoms with E-state index in [4.69, 9.17) is 0 Å². The third-order valence-corrected chi connectivity index (χ3v) is 8.12. The van der Waals surface area contributed by atoms with Crippen LogP contribution < -0.4 is 0 Å². The lowest BCUT2D eigenvalue weighted by Gasteiger charge is -2.19. The maximum atomic E-state index is 2.42. The van der Waals surface area contributed by atoms with Crippen molar-refractivity contribution in [3.63, 3.8) is 0 Å². The summed E-state index contributed by atoms with van der Waals surface area (Å²) in [6.45, 7) is 6.76. The van der Waals surface area contributed by atoms with Crippen LogP contribution in [-0.4, -0.2) is 0 Å². The predicted molar refractivity (Wildman–Crippen MR) is 177 cm³/mol. The second kappa shape index (κ2) is 11.4. The molecule has 0 heterocycles. The summed E-state index contributed by atoms with van der Waals surface area (Å²) in [5.74, 6) is 0.529. The molecule has 196 valence electrons. The van der Waals surface area contributed by atoms with E-state index in [1.54, 1.807) is 0 Å². The Morgan fingerprint density at radius 2 is 1.20 bits per heavy atom. The molecule has 40 heavy (non-hydrogen) atoms. The highest BCUT2D eigenvalue weighted by molar-refractivity contribution is 6.23. The summed E-state index contributed by atoms with van der Waals surface area (Å²) in [5.41, 5.74) is 7.74. The third kappa shape index (κ3) is 4.75. The van der Waals surface area contributed by atoms with E-state index in [1.165, 1.54) is 65.7 Å². The zero-order chi connectivity index (χ0) is 27.5. The van der Waals surface area contributed by atoms with E-state index in [2.05, 4.69) is 154 Å². The topological polar surface area (TPSA) is 0 Å². The zero-order valence-electron chi connectivity index (χ0n) is 23.7. The van der Waals surface area contributed by atoms with E-state index in [0.29, 0.717) is 5.92 Å². The summed E-state index contributed by atoms with van der Waals surface area (Å²) >= 11 is 0. The van der Waals surface area contributed by atoms with Crippen LogP contribution in [-0.2, 0) is 0 Å². The van der Waals surface area contributed by atoms with E-state index >= 15 is 0 Å². The second-order valence-corrected chi connectivity index (χ2v) is 10.8. The molecule has 0 heteroatoms. The predicted octanol–water partition coefficient (Wildman–Crippen LogP) is 11.9. The highest BCUT2D eigenvalue weighted by Crippen LogP contribution is 2.45. The van der Waals surface area contributed by atoms with Crippen LogP contribution in [0, 0.1) is 5.92 Å². The van der Waals surface area contributed by atoms with Gasteiger partial charge in [0, 0.05) is 0 Å². The van der Waals surface area contributed by atoms with Crippen molar-refractivity contribution in [2.24, 2.45) is 5.92 Å². The summed E-state index contributed by atoms with van der Waals surface area (Å²) in [4.78, 5) is 0. The molecule has 6 aromatic carbocycles.